The highest BCUT2D eigenvalue weighted by molar-refractivity contribution is 7.90. The molecule has 1 aromatic heterocycles. The molecule has 0 spiro atoms. The lowest BCUT2D eigenvalue weighted by atomic mass is 10.3. The number of nitrogens with zero attached hydrogens (tertiary/aromatic N) is 3. The number of amides is 2. The minimum absolute atomic E-state index is 0.148. The molecule has 4 rings (SSSR count). The van der Waals surface area contributed by atoms with Crippen LogP contribution in [0, 0.1) is 0 Å². The van der Waals surface area contributed by atoms with Gasteiger partial charge in [-0.15, -0.1) is 0 Å². The minimum atomic E-state index is -3.25. The Labute approximate surface area is 179 Å². The van der Waals surface area contributed by atoms with Gasteiger partial charge in [0, 0.05) is 44.2 Å². The number of thiazole rings is 1. The van der Waals surface area contributed by atoms with Crippen molar-refractivity contribution in [1.82, 2.24) is 9.88 Å². The van der Waals surface area contributed by atoms with Crippen LogP contribution >= 0.6 is 11.3 Å². The molecular weight excluding hydrogens is 424 g/mol. The highest BCUT2D eigenvalue weighted by atomic mass is 32.2. The van der Waals surface area contributed by atoms with Gasteiger partial charge in [-0.05, 0) is 30.3 Å². The summed E-state index contributed by atoms with van der Waals surface area (Å²) in [5, 5.41) is 3.74. The van der Waals surface area contributed by atoms with E-state index < -0.39 is 9.84 Å². The zero-order valence-corrected chi connectivity index (χ0v) is 18.3. The number of methoxy groups -OCH3 is 1. The van der Waals surface area contributed by atoms with Crippen LogP contribution in [0.5, 0.6) is 5.75 Å². The van der Waals surface area contributed by atoms with Crippen molar-refractivity contribution in [3.8, 4) is 5.75 Å². The van der Waals surface area contributed by atoms with E-state index in [9.17, 15) is 13.2 Å². The number of aromatic nitrogens is 1. The third-order valence-corrected chi connectivity index (χ3v) is 7.12. The lowest BCUT2D eigenvalue weighted by Crippen LogP contribution is -2.50. The zero-order valence-electron chi connectivity index (χ0n) is 16.7. The normalized spacial score (nSPS) is 14.7. The van der Waals surface area contributed by atoms with Crippen LogP contribution in [0.2, 0.25) is 0 Å². The van der Waals surface area contributed by atoms with E-state index in [1.54, 1.807) is 36.3 Å². The Morgan fingerprint density at radius 1 is 1.13 bits per heavy atom. The molecule has 0 bridgehead atoms. The van der Waals surface area contributed by atoms with Gasteiger partial charge in [-0.2, -0.15) is 0 Å². The lowest BCUT2D eigenvalue weighted by Gasteiger charge is -2.34. The van der Waals surface area contributed by atoms with Crippen LogP contribution < -0.4 is 15.0 Å². The third kappa shape index (κ3) is 4.34. The Morgan fingerprint density at radius 3 is 2.60 bits per heavy atom. The van der Waals surface area contributed by atoms with Crippen LogP contribution in [0.4, 0.5) is 15.6 Å². The predicted octanol–water partition coefficient (Wildman–Crippen LogP) is 3.06. The fourth-order valence-electron chi connectivity index (χ4n) is 3.26. The molecule has 30 heavy (non-hydrogen) atoms. The summed E-state index contributed by atoms with van der Waals surface area (Å²) in [5.41, 5.74) is 1.47. The molecule has 0 radical (unpaired) electrons. The van der Waals surface area contributed by atoms with E-state index in [1.807, 2.05) is 18.2 Å². The van der Waals surface area contributed by atoms with Gasteiger partial charge in [-0.1, -0.05) is 17.4 Å². The average Bonchev–Trinajstić information content (AvgIpc) is 3.17. The van der Waals surface area contributed by atoms with Crippen LogP contribution in [-0.4, -0.2) is 63.9 Å². The van der Waals surface area contributed by atoms with Crippen molar-refractivity contribution in [1.29, 1.82) is 0 Å². The Balaban J connectivity index is 1.41. The number of sulfone groups is 1. The zero-order chi connectivity index (χ0) is 21.3. The fourth-order valence-corrected chi connectivity index (χ4v) is 5.04. The number of hydrogen-bond acceptors (Lipinski definition) is 7. The highest BCUT2D eigenvalue weighted by Crippen LogP contribution is 2.31. The number of ether oxygens (including phenoxy) is 1. The second kappa shape index (κ2) is 8.11. The van der Waals surface area contributed by atoms with Crippen LogP contribution in [0.15, 0.2) is 47.4 Å². The molecule has 1 aliphatic heterocycles. The monoisotopic (exact) mass is 446 g/mol. The molecule has 10 heteroatoms. The summed E-state index contributed by atoms with van der Waals surface area (Å²) in [6.07, 6.45) is 1.20. The van der Waals surface area contributed by atoms with Gasteiger partial charge in [-0.25, -0.2) is 18.2 Å². The maximum absolute atomic E-state index is 12.6. The fraction of sp³-hybridized carbons (Fsp3) is 0.300. The standard InChI is InChI=1S/C20H22N4O4S2/c1-28-15-5-3-4-14(12-15)21-19(25)23-8-10-24(11-9-23)20-22-17-7-6-16(30(2,26)27)13-18(17)29-20/h3-7,12-13H,8-11H2,1-2H3,(H,21,25). The summed E-state index contributed by atoms with van der Waals surface area (Å²) in [7, 11) is -1.66. The summed E-state index contributed by atoms with van der Waals surface area (Å²) >= 11 is 1.47. The maximum atomic E-state index is 12.6. The number of hydrogen-bond donors (Lipinski definition) is 1. The highest BCUT2D eigenvalue weighted by Gasteiger charge is 2.23. The number of urea groups is 1. The summed E-state index contributed by atoms with van der Waals surface area (Å²) in [6.45, 7) is 2.45. The Bertz CT molecular complexity index is 1180. The van der Waals surface area contributed by atoms with Gasteiger partial charge in [0.15, 0.2) is 15.0 Å². The van der Waals surface area contributed by atoms with E-state index in [2.05, 4.69) is 15.2 Å². The number of anilines is 2. The van der Waals surface area contributed by atoms with Crippen molar-refractivity contribution in [3.05, 3.63) is 42.5 Å². The van der Waals surface area contributed by atoms with E-state index in [4.69, 9.17) is 4.74 Å². The molecule has 0 saturated carbocycles. The number of nitrogens with one attached hydrogen (secondary N) is 1. The van der Waals surface area contributed by atoms with Gasteiger partial charge in [0.2, 0.25) is 0 Å². The second-order valence-corrected chi connectivity index (χ2v) is 10.1. The van der Waals surface area contributed by atoms with Crippen molar-refractivity contribution >= 4 is 48.2 Å². The summed E-state index contributed by atoms with van der Waals surface area (Å²) < 4.78 is 29.6. The first-order chi connectivity index (χ1) is 14.3. The average molecular weight is 447 g/mol. The summed E-state index contributed by atoms with van der Waals surface area (Å²) in [4.78, 5) is 21.4. The quantitative estimate of drug-likeness (QED) is 0.662. The van der Waals surface area contributed by atoms with E-state index in [1.165, 1.54) is 17.6 Å². The predicted molar refractivity (Wildman–Crippen MR) is 119 cm³/mol. The number of rotatable bonds is 4. The van der Waals surface area contributed by atoms with E-state index >= 15 is 0 Å². The van der Waals surface area contributed by atoms with E-state index in [0.29, 0.717) is 42.5 Å². The number of carbonyl (C=O) groups is 1. The first-order valence-corrected chi connectivity index (χ1v) is 12.1. The number of carbonyl (C=O) groups excluding carboxylic acids is 1. The molecule has 0 aliphatic carbocycles. The lowest BCUT2D eigenvalue weighted by molar-refractivity contribution is 0.208. The smallest absolute Gasteiger partial charge is 0.321 e. The number of fused-ring (bicyclic) bond motifs is 1. The molecule has 2 amide bonds. The second-order valence-electron chi connectivity index (χ2n) is 7.03. The molecule has 2 aromatic carbocycles. The van der Waals surface area contributed by atoms with Gasteiger partial charge in [-0.3, -0.25) is 0 Å². The number of benzene rings is 2. The minimum Gasteiger partial charge on any atom is -0.497 e. The molecule has 1 aliphatic rings. The van der Waals surface area contributed by atoms with Gasteiger partial charge in [0.25, 0.3) is 0 Å². The van der Waals surface area contributed by atoms with Crippen molar-refractivity contribution < 1.29 is 17.9 Å². The van der Waals surface area contributed by atoms with Crippen LogP contribution in [0.3, 0.4) is 0 Å². The number of piperazine rings is 1. The molecule has 158 valence electrons. The summed E-state index contributed by atoms with van der Waals surface area (Å²) in [5.74, 6) is 0.687. The molecular formula is C20H22N4O4S2. The molecule has 1 fully saturated rings. The van der Waals surface area contributed by atoms with Crippen molar-refractivity contribution in [3.63, 3.8) is 0 Å². The van der Waals surface area contributed by atoms with Crippen LogP contribution in [-0.2, 0) is 9.84 Å². The van der Waals surface area contributed by atoms with E-state index in [0.717, 1.165) is 15.3 Å². The molecule has 0 atom stereocenters. The van der Waals surface area contributed by atoms with E-state index in [-0.39, 0.29) is 6.03 Å². The van der Waals surface area contributed by atoms with Crippen LogP contribution in [0.25, 0.3) is 10.2 Å². The topological polar surface area (TPSA) is 91.8 Å². The van der Waals surface area contributed by atoms with Crippen molar-refractivity contribution in [2.24, 2.45) is 0 Å². The first-order valence-electron chi connectivity index (χ1n) is 9.39. The molecule has 1 saturated heterocycles. The Morgan fingerprint density at radius 2 is 1.90 bits per heavy atom. The van der Waals surface area contributed by atoms with Crippen molar-refractivity contribution in [2.45, 2.75) is 4.90 Å². The molecule has 0 unspecified atom stereocenters. The first kappa shape index (κ1) is 20.4. The summed E-state index contributed by atoms with van der Waals surface area (Å²) in [6, 6.07) is 12.1. The third-order valence-electron chi connectivity index (χ3n) is 4.94. The molecule has 2 heterocycles. The molecule has 8 nitrogen and oxygen atoms in total. The Kier molecular flexibility index (Phi) is 5.52. The maximum Gasteiger partial charge on any atom is 0.321 e. The molecule has 3 aromatic rings. The van der Waals surface area contributed by atoms with Crippen LogP contribution in [0.1, 0.15) is 0 Å². The SMILES string of the molecule is COc1cccc(NC(=O)N2CCN(c3nc4ccc(S(C)(=O)=O)cc4s3)CC2)c1. The van der Waals surface area contributed by atoms with Crippen molar-refractivity contribution in [2.75, 3.05) is 49.8 Å². The van der Waals surface area contributed by atoms with Gasteiger partial charge >= 0.3 is 6.03 Å². The molecule has 1 N–H and O–H groups in total. The van der Waals surface area contributed by atoms with Gasteiger partial charge in [0.1, 0.15) is 5.75 Å². The van der Waals surface area contributed by atoms with Gasteiger partial charge < -0.3 is 19.9 Å². The Hall–Kier alpha value is -2.85. The van der Waals surface area contributed by atoms with Gasteiger partial charge in [0.05, 0.1) is 22.2 Å². The largest absolute Gasteiger partial charge is 0.497 e.